The zero-order chi connectivity index (χ0) is 6.69. The zero-order valence-electron chi connectivity index (χ0n) is 4.89. The molecule has 0 aromatic carbocycles. The molecule has 0 saturated carbocycles. The molecule has 1 unspecified atom stereocenters. The number of hydrogen-bond acceptors (Lipinski definition) is 2. The van der Waals surface area contributed by atoms with Gasteiger partial charge in [-0.1, -0.05) is 0 Å². The summed E-state index contributed by atoms with van der Waals surface area (Å²) in [5.74, 6) is 0. The van der Waals surface area contributed by atoms with E-state index in [9.17, 15) is 9.18 Å². The Morgan fingerprint density at radius 2 is 2.67 bits per heavy atom. The van der Waals surface area contributed by atoms with Crippen LogP contribution in [0.4, 0.5) is 9.18 Å². The van der Waals surface area contributed by atoms with Gasteiger partial charge in [0, 0.05) is 6.42 Å². The van der Waals surface area contributed by atoms with Crippen molar-refractivity contribution < 1.29 is 13.9 Å². The van der Waals surface area contributed by atoms with E-state index in [0.717, 1.165) is 0 Å². The molecule has 1 fully saturated rings. The molecule has 4 heteroatoms. The molecule has 1 saturated heterocycles. The van der Waals surface area contributed by atoms with Crippen LogP contribution in [0.2, 0.25) is 0 Å². The fourth-order valence-corrected chi connectivity index (χ4v) is 0.690. The van der Waals surface area contributed by atoms with Crippen LogP contribution in [0.1, 0.15) is 6.42 Å². The lowest BCUT2D eigenvalue weighted by molar-refractivity contribution is 0.110. The van der Waals surface area contributed by atoms with E-state index in [0.29, 0.717) is 13.0 Å². The Hall–Kier alpha value is -0.800. The molecule has 1 atom stereocenters. The van der Waals surface area contributed by atoms with Gasteiger partial charge < -0.3 is 10.1 Å². The van der Waals surface area contributed by atoms with Gasteiger partial charge in [-0.2, -0.15) is 0 Å². The van der Waals surface area contributed by atoms with Gasteiger partial charge in [-0.15, -0.1) is 0 Å². The number of hydrogen-bond donors (Lipinski definition) is 1. The van der Waals surface area contributed by atoms with E-state index in [1.54, 1.807) is 0 Å². The minimum atomic E-state index is -0.510. The third-order valence-corrected chi connectivity index (χ3v) is 1.21. The first-order chi connectivity index (χ1) is 4.33. The van der Waals surface area contributed by atoms with Crippen LogP contribution in [0.25, 0.3) is 0 Å². The first-order valence-corrected chi connectivity index (χ1v) is 2.82. The zero-order valence-corrected chi connectivity index (χ0v) is 4.89. The SMILES string of the molecule is O=C1NC(CF)CCO1. The number of nitrogens with one attached hydrogen (secondary N) is 1. The summed E-state index contributed by atoms with van der Waals surface area (Å²) in [7, 11) is 0. The molecule has 0 aliphatic carbocycles. The molecule has 1 rings (SSSR count). The van der Waals surface area contributed by atoms with Crippen LogP contribution in [0.15, 0.2) is 0 Å². The third-order valence-electron chi connectivity index (χ3n) is 1.21. The van der Waals surface area contributed by atoms with E-state index in [1.807, 2.05) is 0 Å². The van der Waals surface area contributed by atoms with E-state index >= 15 is 0 Å². The number of amides is 1. The molecule has 3 nitrogen and oxygen atoms in total. The summed E-state index contributed by atoms with van der Waals surface area (Å²) in [6, 6.07) is -0.328. The van der Waals surface area contributed by atoms with Gasteiger partial charge in [0.05, 0.1) is 12.6 Å². The molecule has 1 N–H and O–H groups in total. The lowest BCUT2D eigenvalue weighted by Gasteiger charge is -2.19. The summed E-state index contributed by atoms with van der Waals surface area (Å²) in [4.78, 5) is 10.3. The highest BCUT2D eigenvalue weighted by Crippen LogP contribution is 2.00. The lowest BCUT2D eigenvalue weighted by atomic mass is 10.2. The maximum absolute atomic E-state index is 11.8. The highest BCUT2D eigenvalue weighted by molar-refractivity contribution is 5.68. The Morgan fingerprint density at radius 1 is 1.89 bits per heavy atom. The summed E-state index contributed by atoms with van der Waals surface area (Å²) in [6.07, 6.45) is 0.0614. The molecule has 1 amide bonds. The number of alkyl carbamates (subject to hydrolysis) is 1. The standard InChI is InChI=1S/C5H8FNO2/c6-3-4-1-2-9-5(8)7-4/h4H,1-3H2,(H,7,8). The molecule has 0 bridgehead atoms. The quantitative estimate of drug-likeness (QED) is 0.564. The summed E-state index contributed by atoms with van der Waals surface area (Å²) in [5, 5.41) is 2.33. The van der Waals surface area contributed by atoms with Crippen molar-refractivity contribution >= 4 is 6.09 Å². The van der Waals surface area contributed by atoms with Crippen molar-refractivity contribution in [2.45, 2.75) is 12.5 Å². The summed E-state index contributed by atoms with van der Waals surface area (Å²) in [6.45, 7) is -0.171. The Balaban J connectivity index is 2.32. The lowest BCUT2D eigenvalue weighted by Crippen LogP contribution is -2.42. The van der Waals surface area contributed by atoms with Gasteiger partial charge in [-0.05, 0) is 0 Å². The minimum absolute atomic E-state index is 0.328. The van der Waals surface area contributed by atoms with Gasteiger partial charge in [-0.25, -0.2) is 9.18 Å². The number of cyclic esters (lactones) is 1. The highest BCUT2D eigenvalue weighted by atomic mass is 19.1. The Kier molecular flexibility index (Phi) is 1.87. The van der Waals surface area contributed by atoms with Gasteiger partial charge in [0.1, 0.15) is 6.67 Å². The normalized spacial score (nSPS) is 26.8. The minimum Gasteiger partial charge on any atom is -0.449 e. The van der Waals surface area contributed by atoms with Crippen molar-refractivity contribution in [3.8, 4) is 0 Å². The van der Waals surface area contributed by atoms with Gasteiger partial charge in [0.25, 0.3) is 0 Å². The maximum Gasteiger partial charge on any atom is 0.407 e. The molecular weight excluding hydrogens is 125 g/mol. The Bertz CT molecular complexity index is 118. The fraction of sp³-hybridized carbons (Fsp3) is 0.800. The Morgan fingerprint density at radius 3 is 3.11 bits per heavy atom. The van der Waals surface area contributed by atoms with E-state index < -0.39 is 12.8 Å². The molecule has 0 aromatic heterocycles. The topological polar surface area (TPSA) is 38.3 Å². The second kappa shape index (κ2) is 2.66. The number of carbonyl (C=O) groups excluding carboxylic acids is 1. The van der Waals surface area contributed by atoms with Gasteiger partial charge >= 0.3 is 6.09 Å². The van der Waals surface area contributed by atoms with Crippen molar-refractivity contribution in [2.75, 3.05) is 13.3 Å². The van der Waals surface area contributed by atoms with E-state index in [2.05, 4.69) is 10.1 Å². The van der Waals surface area contributed by atoms with E-state index in [4.69, 9.17) is 0 Å². The average molecular weight is 133 g/mol. The number of ether oxygens (including phenoxy) is 1. The number of rotatable bonds is 1. The summed E-state index contributed by atoms with van der Waals surface area (Å²) in [5.41, 5.74) is 0. The second-order valence-electron chi connectivity index (χ2n) is 1.92. The van der Waals surface area contributed by atoms with Gasteiger partial charge in [0.15, 0.2) is 0 Å². The number of halogens is 1. The van der Waals surface area contributed by atoms with Crippen molar-refractivity contribution in [2.24, 2.45) is 0 Å². The molecule has 1 heterocycles. The van der Waals surface area contributed by atoms with Crippen LogP contribution >= 0.6 is 0 Å². The van der Waals surface area contributed by atoms with Gasteiger partial charge in [-0.3, -0.25) is 0 Å². The van der Waals surface area contributed by atoms with Crippen LogP contribution in [-0.4, -0.2) is 25.4 Å². The highest BCUT2D eigenvalue weighted by Gasteiger charge is 2.17. The number of carbonyl (C=O) groups is 1. The molecule has 0 aromatic rings. The van der Waals surface area contributed by atoms with Crippen LogP contribution in [0.5, 0.6) is 0 Å². The smallest absolute Gasteiger partial charge is 0.407 e. The predicted molar refractivity (Wildman–Crippen MR) is 28.9 cm³/mol. The first kappa shape index (κ1) is 6.32. The monoisotopic (exact) mass is 133 g/mol. The first-order valence-electron chi connectivity index (χ1n) is 2.82. The molecule has 52 valence electrons. The van der Waals surface area contributed by atoms with Crippen LogP contribution in [0.3, 0.4) is 0 Å². The molecule has 0 spiro atoms. The van der Waals surface area contributed by atoms with Crippen molar-refractivity contribution in [3.05, 3.63) is 0 Å². The molecule has 9 heavy (non-hydrogen) atoms. The predicted octanol–water partition coefficient (Wildman–Crippen LogP) is 0.454. The summed E-state index contributed by atoms with van der Waals surface area (Å²) < 4.78 is 16.3. The largest absolute Gasteiger partial charge is 0.449 e. The molecular formula is C5H8FNO2. The van der Waals surface area contributed by atoms with Crippen molar-refractivity contribution in [1.29, 1.82) is 0 Å². The second-order valence-corrected chi connectivity index (χ2v) is 1.92. The third kappa shape index (κ3) is 1.55. The summed E-state index contributed by atoms with van der Waals surface area (Å²) >= 11 is 0. The van der Waals surface area contributed by atoms with E-state index in [1.165, 1.54) is 0 Å². The number of alkyl halides is 1. The maximum atomic E-state index is 11.8. The van der Waals surface area contributed by atoms with Crippen molar-refractivity contribution in [1.82, 2.24) is 5.32 Å². The van der Waals surface area contributed by atoms with E-state index in [-0.39, 0.29) is 6.04 Å². The Labute approximate surface area is 52.2 Å². The van der Waals surface area contributed by atoms with Crippen LogP contribution in [-0.2, 0) is 4.74 Å². The van der Waals surface area contributed by atoms with Crippen molar-refractivity contribution in [3.63, 3.8) is 0 Å². The molecule has 1 aliphatic rings. The van der Waals surface area contributed by atoms with Gasteiger partial charge in [0.2, 0.25) is 0 Å². The molecule has 1 aliphatic heterocycles. The average Bonchev–Trinajstić information content (AvgIpc) is 1.88. The fourth-order valence-electron chi connectivity index (χ4n) is 0.690. The molecule has 0 radical (unpaired) electrons. The van der Waals surface area contributed by atoms with Crippen LogP contribution in [0, 0.1) is 0 Å². The van der Waals surface area contributed by atoms with Crippen LogP contribution < -0.4 is 5.32 Å².